The Morgan fingerprint density at radius 3 is 2.92 bits per heavy atom. The topological polar surface area (TPSA) is 63.2 Å². The summed E-state index contributed by atoms with van der Waals surface area (Å²) in [5.74, 6) is 1.96. The summed E-state index contributed by atoms with van der Waals surface area (Å²) in [5, 5.41) is 6.41. The first kappa shape index (κ1) is 16.5. The summed E-state index contributed by atoms with van der Waals surface area (Å²) in [5.41, 5.74) is 0.614. The van der Waals surface area contributed by atoms with Crippen LogP contribution in [0.4, 0.5) is 0 Å². The predicted molar refractivity (Wildman–Crippen MR) is 93.3 cm³/mol. The maximum Gasteiger partial charge on any atom is 0.251 e. The lowest BCUT2D eigenvalue weighted by molar-refractivity contribution is 0.0950. The second-order valence-corrected chi connectivity index (χ2v) is 6.07. The minimum atomic E-state index is -0.0565. The maximum atomic E-state index is 12.3. The van der Waals surface area contributed by atoms with Gasteiger partial charge in [0.1, 0.15) is 11.5 Å². The Labute approximate surface area is 142 Å². The van der Waals surface area contributed by atoms with E-state index in [0.717, 1.165) is 19.5 Å². The Kier molecular flexibility index (Phi) is 5.80. The van der Waals surface area contributed by atoms with Crippen LogP contribution in [0.5, 0.6) is 11.5 Å². The van der Waals surface area contributed by atoms with Crippen LogP contribution < -0.4 is 15.4 Å². The van der Waals surface area contributed by atoms with E-state index in [1.807, 2.05) is 12.1 Å². The molecule has 0 saturated carbocycles. The molecule has 1 aliphatic rings. The number of pyridine rings is 1. The van der Waals surface area contributed by atoms with Gasteiger partial charge in [-0.3, -0.25) is 9.78 Å². The van der Waals surface area contributed by atoms with Crippen molar-refractivity contribution < 1.29 is 9.53 Å². The van der Waals surface area contributed by atoms with Crippen molar-refractivity contribution >= 4 is 5.91 Å². The van der Waals surface area contributed by atoms with Gasteiger partial charge in [0.2, 0.25) is 0 Å². The summed E-state index contributed by atoms with van der Waals surface area (Å²) in [7, 11) is 0. The Morgan fingerprint density at radius 2 is 2.12 bits per heavy atom. The molecular formula is C19H23N3O2. The molecular weight excluding hydrogens is 302 g/mol. The number of benzene rings is 1. The van der Waals surface area contributed by atoms with E-state index in [1.54, 1.807) is 36.7 Å². The van der Waals surface area contributed by atoms with Gasteiger partial charge in [-0.05, 0) is 68.6 Å². The van der Waals surface area contributed by atoms with Gasteiger partial charge < -0.3 is 15.4 Å². The molecule has 2 N–H and O–H groups in total. The highest BCUT2D eigenvalue weighted by Gasteiger charge is 2.13. The number of rotatable bonds is 6. The van der Waals surface area contributed by atoms with Gasteiger partial charge in [0.05, 0.1) is 0 Å². The summed E-state index contributed by atoms with van der Waals surface area (Å²) in [6.45, 7) is 2.89. The van der Waals surface area contributed by atoms with Gasteiger partial charge in [0.15, 0.2) is 0 Å². The second-order valence-electron chi connectivity index (χ2n) is 6.07. The van der Waals surface area contributed by atoms with Gasteiger partial charge in [-0.1, -0.05) is 6.07 Å². The number of carbonyl (C=O) groups excluding carboxylic acids is 1. The molecule has 1 amide bonds. The third kappa shape index (κ3) is 4.80. The fourth-order valence-electron chi connectivity index (χ4n) is 2.91. The van der Waals surface area contributed by atoms with E-state index in [0.29, 0.717) is 29.5 Å². The smallest absolute Gasteiger partial charge is 0.251 e. The minimum Gasteiger partial charge on any atom is -0.457 e. The number of hydrogen-bond acceptors (Lipinski definition) is 4. The first-order valence-corrected chi connectivity index (χ1v) is 8.48. The van der Waals surface area contributed by atoms with Gasteiger partial charge in [-0.15, -0.1) is 0 Å². The van der Waals surface area contributed by atoms with Crippen LogP contribution in [0.2, 0.25) is 0 Å². The number of nitrogens with one attached hydrogen (secondary N) is 2. The molecule has 0 bridgehead atoms. The number of piperidine rings is 1. The molecule has 1 fully saturated rings. The highest BCUT2D eigenvalue weighted by atomic mass is 16.5. The van der Waals surface area contributed by atoms with Gasteiger partial charge in [0, 0.05) is 24.5 Å². The van der Waals surface area contributed by atoms with Gasteiger partial charge >= 0.3 is 0 Å². The van der Waals surface area contributed by atoms with Gasteiger partial charge in [-0.25, -0.2) is 0 Å². The van der Waals surface area contributed by atoms with Crippen molar-refractivity contribution in [3.63, 3.8) is 0 Å². The van der Waals surface area contributed by atoms with Crippen LogP contribution in [-0.2, 0) is 0 Å². The number of nitrogens with zero attached hydrogens (tertiary/aromatic N) is 1. The van der Waals surface area contributed by atoms with Crippen LogP contribution in [0.1, 0.15) is 29.6 Å². The molecule has 2 aromatic rings. The molecule has 1 aliphatic heterocycles. The zero-order chi connectivity index (χ0) is 16.6. The number of hydrogen-bond donors (Lipinski definition) is 2. The second kappa shape index (κ2) is 8.45. The van der Waals surface area contributed by atoms with E-state index in [9.17, 15) is 4.79 Å². The standard InChI is InChI=1S/C19H23N3O2/c23-19(22-12-6-15-3-2-9-21-14-15)16-4-1-5-18(13-16)24-17-7-10-20-11-8-17/h1,4-5,7-8,10-11,13,15,21H,2-3,6,9,12,14H2,(H,22,23). The van der Waals surface area contributed by atoms with Gasteiger partial charge in [-0.2, -0.15) is 0 Å². The fourth-order valence-corrected chi connectivity index (χ4v) is 2.91. The van der Waals surface area contributed by atoms with Crippen LogP contribution in [0, 0.1) is 5.92 Å². The van der Waals surface area contributed by atoms with E-state index in [4.69, 9.17) is 4.74 Å². The Balaban J connectivity index is 1.52. The molecule has 1 unspecified atom stereocenters. The number of ether oxygens (including phenoxy) is 1. The molecule has 1 aromatic heterocycles. The molecule has 5 nitrogen and oxygen atoms in total. The third-order valence-electron chi connectivity index (χ3n) is 4.22. The first-order valence-electron chi connectivity index (χ1n) is 8.48. The van der Waals surface area contributed by atoms with Crippen LogP contribution in [0.15, 0.2) is 48.8 Å². The van der Waals surface area contributed by atoms with Crippen molar-refractivity contribution in [1.82, 2.24) is 15.6 Å². The first-order chi connectivity index (χ1) is 11.8. The molecule has 24 heavy (non-hydrogen) atoms. The number of aromatic nitrogens is 1. The predicted octanol–water partition coefficient (Wildman–Crippen LogP) is 2.99. The van der Waals surface area contributed by atoms with Crippen molar-refractivity contribution in [3.8, 4) is 11.5 Å². The highest BCUT2D eigenvalue weighted by Crippen LogP contribution is 2.21. The largest absolute Gasteiger partial charge is 0.457 e. The average molecular weight is 325 g/mol. The molecule has 3 rings (SSSR count). The molecule has 1 saturated heterocycles. The van der Waals surface area contributed by atoms with Crippen LogP contribution in [0.25, 0.3) is 0 Å². The van der Waals surface area contributed by atoms with E-state index in [1.165, 1.54) is 12.8 Å². The molecule has 5 heteroatoms. The van der Waals surface area contributed by atoms with Crippen molar-refractivity contribution in [2.24, 2.45) is 5.92 Å². The van der Waals surface area contributed by atoms with Crippen molar-refractivity contribution in [2.45, 2.75) is 19.3 Å². The maximum absolute atomic E-state index is 12.3. The quantitative estimate of drug-likeness (QED) is 0.857. The Bertz CT molecular complexity index is 655. The number of carbonyl (C=O) groups is 1. The summed E-state index contributed by atoms with van der Waals surface area (Å²) >= 11 is 0. The highest BCUT2D eigenvalue weighted by molar-refractivity contribution is 5.94. The van der Waals surface area contributed by atoms with Crippen molar-refractivity contribution in [3.05, 3.63) is 54.4 Å². The van der Waals surface area contributed by atoms with E-state index < -0.39 is 0 Å². The van der Waals surface area contributed by atoms with Crippen molar-refractivity contribution in [1.29, 1.82) is 0 Å². The van der Waals surface area contributed by atoms with E-state index in [2.05, 4.69) is 15.6 Å². The zero-order valence-corrected chi connectivity index (χ0v) is 13.7. The molecule has 0 aliphatic carbocycles. The van der Waals surface area contributed by atoms with Crippen LogP contribution in [-0.4, -0.2) is 30.5 Å². The summed E-state index contributed by atoms with van der Waals surface area (Å²) in [4.78, 5) is 16.3. The molecule has 1 aromatic carbocycles. The average Bonchev–Trinajstić information content (AvgIpc) is 2.64. The normalized spacial score (nSPS) is 17.2. The Morgan fingerprint density at radius 1 is 1.25 bits per heavy atom. The fraction of sp³-hybridized carbons (Fsp3) is 0.368. The molecule has 0 radical (unpaired) electrons. The minimum absolute atomic E-state index is 0.0565. The molecule has 1 atom stereocenters. The lowest BCUT2D eigenvalue weighted by atomic mass is 9.96. The summed E-state index contributed by atoms with van der Waals surface area (Å²) in [6, 6.07) is 10.8. The third-order valence-corrected chi connectivity index (χ3v) is 4.22. The lowest BCUT2D eigenvalue weighted by Gasteiger charge is -2.22. The Hall–Kier alpha value is -2.40. The zero-order valence-electron chi connectivity index (χ0n) is 13.7. The SMILES string of the molecule is O=C(NCCC1CCCNC1)c1cccc(Oc2ccncc2)c1. The van der Waals surface area contributed by atoms with Crippen molar-refractivity contribution in [2.75, 3.05) is 19.6 Å². The lowest BCUT2D eigenvalue weighted by Crippen LogP contribution is -2.33. The molecule has 126 valence electrons. The van der Waals surface area contributed by atoms with E-state index >= 15 is 0 Å². The molecule has 0 spiro atoms. The van der Waals surface area contributed by atoms with E-state index in [-0.39, 0.29) is 5.91 Å². The molecule has 2 heterocycles. The monoisotopic (exact) mass is 325 g/mol. The van der Waals surface area contributed by atoms with Crippen LogP contribution in [0.3, 0.4) is 0 Å². The van der Waals surface area contributed by atoms with Crippen LogP contribution >= 0.6 is 0 Å². The summed E-state index contributed by atoms with van der Waals surface area (Å²) < 4.78 is 5.74. The summed E-state index contributed by atoms with van der Waals surface area (Å²) in [6.07, 6.45) is 6.84. The van der Waals surface area contributed by atoms with Gasteiger partial charge in [0.25, 0.3) is 5.91 Å². The number of amides is 1.